The molecule has 4 aliphatic rings. The second-order valence-electron chi connectivity index (χ2n) is 14.0. The molecule has 0 spiro atoms. The van der Waals surface area contributed by atoms with Crippen molar-refractivity contribution in [1.29, 1.82) is 0 Å². The molecule has 0 radical (unpaired) electrons. The van der Waals surface area contributed by atoms with Gasteiger partial charge >= 0.3 is 0 Å². The van der Waals surface area contributed by atoms with Crippen LogP contribution in [-0.4, -0.2) is 24.9 Å². The van der Waals surface area contributed by atoms with Crippen molar-refractivity contribution in [2.24, 2.45) is 0 Å². The molecule has 2 amide bonds. The number of nitrogens with zero attached hydrogens (tertiary/aromatic N) is 2. The van der Waals surface area contributed by atoms with Gasteiger partial charge in [-0.15, -0.1) is 0 Å². The fraction of sp³-hybridized carbons (Fsp3) is 0.148. The fourth-order valence-corrected chi connectivity index (χ4v) is 6.48. The number of anilines is 2. The van der Waals surface area contributed by atoms with E-state index in [0.717, 1.165) is 81.6 Å². The Bertz CT molecular complexity index is 2510. The average molecular weight is 751 g/mol. The van der Waals surface area contributed by atoms with Crippen LogP contribution in [0.4, 0.5) is 11.4 Å². The van der Waals surface area contributed by atoms with Crippen molar-refractivity contribution in [3.05, 3.63) is 201 Å². The standard InChI is InChI=1S/C54H42N2O2/c1-3-5-38-55-51-34-22-41(23-35-51)18-26-45-14-7-9-16-47(45)28-20-43-12-11-13-44(40-43)21-29-48-17-10-8-15-46(48)27-19-42-24-36-52(37-25-42)56(39-6-4-2)54(58)50-32-30-49(31-33-50)53(55)57/h7-17,22-25,30-37,40H,3-6,38-39H2,1-2H3. The summed E-state index contributed by atoms with van der Waals surface area (Å²) in [6.07, 6.45) is 3.59. The summed E-state index contributed by atoms with van der Waals surface area (Å²) in [5.41, 5.74) is 9.30. The smallest absolute Gasteiger partial charge is 0.258 e. The molecule has 4 nitrogen and oxygen atoms in total. The van der Waals surface area contributed by atoms with Crippen molar-refractivity contribution >= 4 is 23.2 Å². The van der Waals surface area contributed by atoms with E-state index in [-0.39, 0.29) is 11.8 Å². The highest BCUT2D eigenvalue weighted by Gasteiger charge is 2.21. The lowest BCUT2D eigenvalue weighted by Gasteiger charge is -2.24. The normalized spacial score (nSPS) is 12.0. The van der Waals surface area contributed by atoms with E-state index < -0.39 is 0 Å². The van der Waals surface area contributed by atoms with E-state index in [9.17, 15) is 9.59 Å². The number of rotatable bonds is 6. The van der Waals surface area contributed by atoms with Crippen LogP contribution >= 0.6 is 0 Å². The Morgan fingerprint density at radius 3 is 1.07 bits per heavy atom. The summed E-state index contributed by atoms with van der Waals surface area (Å²) in [6.45, 7) is 5.36. The molecule has 0 saturated heterocycles. The molecule has 0 N–H and O–H groups in total. The van der Waals surface area contributed by atoms with Gasteiger partial charge in [0.2, 0.25) is 0 Å². The first-order valence-corrected chi connectivity index (χ1v) is 19.8. The van der Waals surface area contributed by atoms with Crippen LogP contribution in [0.25, 0.3) is 0 Å². The lowest BCUT2D eigenvalue weighted by molar-refractivity contribution is 0.0975. The number of hydrogen-bond donors (Lipinski definition) is 0. The van der Waals surface area contributed by atoms with Gasteiger partial charge in [-0.1, -0.05) is 104 Å². The van der Waals surface area contributed by atoms with Crippen molar-refractivity contribution in [2.75, 3.05) is 22.9 Å². The van der Waals surface area contributed by atoms with Gasteiger partial charge in [-0.2, -0.15) is 0 Å². The molecule has 6 aromatic carbocycles. The number of carbonyl (C=O) groups is 2. The van der Waals surface area contributed by atoms with Crippen LogP contribution in [0, 0.1) is 47.4 Å². The number of benzene rings is 6. The lowest BCUT2D eigenvalue weighted by Crippen LogP contribution is -2.33. The van der Waals surface area contributed by atoms with Crippen molar-refractivity contribution in [3.8, 4) is 47.4 Å². The second kappa shape index (κ2) is 18.9. The summed E-state index contributed by atoms with van der Waals surface area (Å²) in [4.78, 5) is 31.6. The zero-order chi connectivity index (χ0) is 40.1. The van der Waals surface area contributed by atoms with E-state index in [1.54, 1.807) is 34.1 Å². The summed E-state index contributed by atoms with van der Waals surface area (Å²) >= 11 is 0. The van der Waals surface area contributed by atoms with Gasteiger partial charge in [0.25, 0.3) is 11.8 Å². The van der Waals surface area contributed by atoms with Gasteiger partial charge in [-0.3, -0.25) is 9.59 Å². The lowest BCUT2D eigenvalue weighted by atomic mass is 10.1. The predicted molar refractivity (Wildman–Crippen MR) is 236 cm³/mol. The van der Waals surface area contributed by atoms with Gasteiger partial charge in [0.05, 0.1) is 0 Å². The Balaban J connectivity index is 1.29. The van der Waals surface area contributed by atoms with Crippen molar-refractivity contribution < 1.29 is 9.59 Å². The van der Waals surface area contributed by atoms with E-state index in [4.69, 9.17) is 0 Å². The molecule has 0 fully saturated rings. The number of carbonyl (C=O) groups excluding carboxylic acids is 2. The largest absolute Gasteiger partial charge is 0.308 e. The molecule has 0 unspecified atom stereocenters. The predicted octanol–water partition coefficient (Wildman–Crippen LogP) is 10.5. The van der Waals surface area contributed by atoms with Gasteiger partial charge in [0, 0.05) is 80.1 Å². The minimum atomic E-state index is -0.117. The van der Waals surface area contributed by atoms with Crippen LogP contribution in [0.1, 0.15) is 105 Å². The zero-order valence-corrected chi connectivity index (χ0v) is 32.8. The molecule has 280 valence electrons. The topological polar surface area (TPSA) is 40.6 Å². The van der Waals surface area contributed by atoms with Crippen molar-refractivity contribution in [1.82, 2.24) is 0 Å². The van der Waals surface area contributed by atoms with E-state index in [0.29, 0.717) is 24.2 Å². The zero-order valence-electron chi connectivity index (χ0n) is 32.8. The van der Waals surface area contributed by atoms with Crippen LogP contribution < -0.4 is 9.80 Å². The Labute approximate surface area is 342 Å². The van der Waals surface area contributed by atoms with Gasteiger partial charge < -0.3 is 9.80 Å². The SMILES string of the molecule is CCCCN1C(=O)c2ccc(cc2)C(=O)N(CCCC)c2ccc(cc2)C#Cc2ccccc2C#Cc2cccc(c2)C#Cc2ccccc2C#Cc2ccc1cc2. The quantitative estimate of drug-likeness (QED) is 0.159. The first-order chi connectivity index (χ1) is 28.5. The molecule has 0 aliphatic carbocycles. The Hall–Kier alpha value is -7.50. The summed E-state index contributed by atoms with van der Waals surface area (Å²) in [7, 11) is 0. The molecule has 4 heterocycles. The highest BCUT2D eigenvalue weighted by Crippen LogP contribution is 2.23. The molecule has 10 rings (SSSR count). The first-order valence-electron chi connectivity index (χ1n) is 19.8. The molecular formula is C54H42N2O2. The van der Waals surface area contributed by atoms with Gasteiger partial charge in [-0.05, 0) is 128 Å². The number of hydrogen-bond acceptors (Lipinski definition) is 2. The van der Waals surface area contributed by atoms with Gasteiger partial charge in [-0.25, -0.2) is 0 Å². The maximum atomic E-state index is 14.0. The van der Waals surface area contributed by atoms with Crippen molar-refractivity contribution in [2.45, 2.75) is 39.5 Å². The molecule has 58 heavy (non-hydrogen) atoms. The Morgan fingerprint density at radius 1 is 0.379 bits per heavy atom. The summed E-state index contributed by atoms with van der Waals surface area (Å²) in [5.74, 6) is 26.2. The molecule has 0 atom stereocenters. The van der Waals surface area contributed by atoms with Crippen LogP contribution in [0.2, 0.25) is 0 Å². The molecule has 4 heteroatoms. The second-order valence-corrected chi connectivity index (χ2v) is 14.0. The highest BCUT2D eigenvalue weighted by molar-refractivity contribution is 6.09. The number of unbranched alkanes of at least 4 members (excludes halogenated alkanes) is 2. The third-order valence-electron chi connectivity index (χ3n) is 9.78. The number of amides is 2. The van der Waals surface area contributed by atoms with Crippen LogP contribution in [0.5, 0.6) is 0 Å². The highest BCUT2D eigenvalue weighted by atomic mass is 16.2. The van der Waals surface area contributed by atoms with E-state index in [1.165, 1.54) is 0 Å². The monoisotopic (exact) mass is 750 g/mol. The summed E-state index contributed by atoms with van der Waals surface area (Å²) in [6, 6.07) is 46.2. The van der Waals surface area contributed by atoms with Crippen LogP contribution in [0.3, 0.4) is 0 Å². The van der Waals surface area contributed by atoms with Crippen molar-refractivity contribution in [3.63, 3.8) is 0 Å². The minimum Gasteiger partial charge on any atom is -0.308 e. The van der Waals surface area contributed by atoms with Gasteiger partial charge in [0.1, 0.15) is 0 Å². The molecular weight excluding hydrogens is 709 g/mol. The number of fused-ring (bicyclic) bond motifs is 3. The maximum Gasteiger partial charge on any atom is 0.258 e. The Kier molecular flexibility index (Phi) is 12.6. The Morgan fingerprint density at radius 2 is 0.724 bits per heavy atom. The minimum absolute atomic E-state index is 0.117. The van der Waals surface area contributed by atoms with E-state index in [1.807, 2.05) is 121 Å². The molecule has 8 bridgehead atoms. The van der Waals surface area contributed by atoms with E-state index >= 15 is 0 Å². The summed E-state index contributed by atoms with van der Waals surface area (Å²) < 4.78 is 0. The summed E-state index contributed by atoms with van der Waals surface area (Å²) in [5, 5.41) is 0. The maximum absolute atomic E-state index is 14.0. The van der Waals surface area contributed by atoms with E-state index in [2.05, 4.69) is 61.2 Å². The average Bonchev–Trinajstić information content (AvgIpc) is 3.27. The fourth-order valence-electron chi connectivity index (χ4n) is 6.48. The molecule has 0 aromatic heterocycles. The third kappa shape index (κ3) is 9.65. The van der Waals surface area contributed by atoms with Crippen LogP contribution in [-0.2, 0) is 0 Å². The molecule has 4 aliphatic heterocycles. The molecule has 0 saturated carbocycles. The molecule has 6 aromatic rings. The third-order valence-corrected chi connectivity index (χ3v) is 9.78. The van der Waals surface area contributed by atoms with Gasteiger partial charge in [0.15, 0.2) is 0 Å². The van der Waals surface area contributed by atoms with Crippen LogP contribution in [0.15, 0.2) is 146 Å². The first kappa shape index (κ1) is 38.8.